The number of amides is 1. The van der Waals surface area contributed by atoms with E-state index in [9.17, 15) is 4.79 Å². The normalized spacial score (nSPS) is 10.5. The highest BCUT2D eigenvalue weighted by molar-refractivity contribution is 5.98. The number of nitrogen functional groups attached to an aromatic ring is 1. The molecule has 2 aromatic rings. The fraction of sp³-hybridized carbons (Fsp3) is 0.308. The number of rotatable bonds is 3. The van der Waals surface area contributed by atoms with Crippen molar-refractivity contribution in [3.63, 3.8) is 0 Å². The van der Waals surface area contributed by atoms with Gasteiger partial charge in [-0.2, -0.15) is 0 Å². The van der Waals surface area contributed by atoms with Gasteiger partial charge in [-0.15, -0.1) is 0 Å². The molecule has 0 bridgehead atoms. The first-order valence-electron chi connectivity index (χ1n) is 5.91. The first-order chi connectivity index (χ1) is 8.99. The van der Waals surface area contributed by atoms with Crippen molar-refractivity contribution in [1.82, 2.24) is 15.5 Å². The Bertz CT molecular complexity index is 600. The molecule has 0 unspecified atom stereocenters. The molecule has 0 aliphatic heterocycles. The van der Waals surface area contributed by atoms with Gasteiger partial charge in [-0.05, 0) is 26.8 Å². The monoisotopic (exact) mass is 260 g/mol. The van der Waals surface area contributed by atoms with Gasteiger partial charge in [-0.25, -0.2) is 0 Å². The van der Waals surface area contributed by atoms with Crippen molar-refractivity contribution in [2.24, 2.45) is 0 Å². The van der Waals surface area contributed by atoms with Gasteiger partial charge in [0.05, 0.1) is 11.3 Å². The van der Waals surface area contributed by atoms with Crippen LogP contribution in [0, 0.1) is 20.8 Å². The van der Waals surface area contributed by atoms with Crippen LogP contribution in [-0.4, -0.2) is 16.0 Å². The Morgan fingerprint density at radius 3 is 2.74 bits per heavy atom. The zero-order valence-corrected chi connectivity index (χ0v) is 11.2. The molecule has 19 heavy (non-hydrogen) atoms. The lowest BCUT2D eigenvalue weighted by atomic mass is 10.1. The van der Waals surface area contributed by atoms with E-state index >= 15 is 0 Å². The van der Waals surface area contributed by atoms with E-state index in [1.54, 1.807) is 6.07 Å². The second kappa shape index (κ2) is 5.09. The molecule has 0 aliphatic rings. The molecule has 0 fully saturated rings. The van der Waals surface area contributed by atoms with Crippen LogP contribution in [0.2, 0.25) is 0 Å². The molecule has 6 heteroatoms. The number of hydrogen-bond acceptors (Lipinski definition) is 5. The number of aromatic nitrogens is 2. The third-order valence-corrected chi connectivity index (χ3v) is 2.92. The van der Waals surface area contributed by atoms with Gasteiger partial charge >= 0.3 is 0 Å². The third-order valence-electron chi connectivity index (χ3n) is 2.92. The van der Waals surface area contributed by atoms with Gasteiger partial charge in [-0.1, -0.05) is 5.16 Å². The molecular weight excluding hydrogens is 244 g/mol. The molecule has 1 amide bonds. The smallest absolute Gasteiger partial charge is 0.255 e. The summed E-state index contributed by atoms with van der Waals surface area (Å²) in [7, 11) is 0. The van der Waals surface area contributed by atoms with Crippen LogP contribution in [0.4, 0.5) is 5.69 Å². The lowest BCUT2D eigenvalue weighted by molar-refractivity contribution is 0.0951. The average molecular weight is 260 g/mol. The van der Waals surface area contributed by atoms with Crippen LogP contribution in [-0.2, 0) is 6.54 Å². The van der Waals surface area contributed by atoms with Crippen LogP contribution in [0.1, 0.15) is 33.1 Å². The maximum atomic E-state index is 12.0. The van der Waals surface area contributed by atoms with Crippen molar-refractivity contribution in [2.75, 3.05) is 5.73 Å². The van der Waals surface area contributed by atoms with E-state index in [-0.39, 0.29) is 5.91 Å². The molecule has 0 radical (unpaired) electrons. The summed E-state index contributed by atoms with van der Waals surface area (Å²) in [6.45, 7) is 5.82. The Balaban J connectivity index is 2.10. The van der Waals surface area contributed by atoms with Crippen molar-refractivity contribution in [3.05, 3.63) is 40.5 Å². The summed E-state index contributed by atoms with van der Waals surface area (Å²) in [4.78, 5) is 16.1. The van der Waals surface area contributed by atoms with E-state index in [0.29, 0.717) is 23.6 Å². The highest BCUT2D eigenvalue weighted by Gasteiger charge is 2.13. The largest absolute Gasteiger partial charge is 0.398 e. The first-order valence-corrected chi connectivity index (χ1v) is 5.91. The van der Waals surface area contributed by atoms with Crippen molar-refractivity contribution < 1.29 is 9.32 Å². The molecule has 0 aromatic carbocycles. The first kappa shape index (κ1) is 13.1. The van der Waals surface area contributed by atoms with Gasteiger partial charge in [0, 0.05) is 29.7 Å². The fourth-order valence-electron chi connectivity index (χ4n) is 1.79. The summed E-state index contributed by atoms with van der Waals surface area (Å²) in [5, 5.41) is 6.62. The lowest BCUT2D eigenvalue weighted by Gasteiger charge is -2.07. The van der Waals surface area contributed by atoms with Crippen LogP contribution in [0.5, 0.6) is 0 Å². The topological polar surface area (TPSA) is 94.0 Å². The summed E-state index contributed by atoms with van der Waals surface area (Å²) >= 11 is 0. The molecule has 0 spiro atoms. The minimum atomic E-state index is -0.259. The number of nitrogens with two attached hydrogens (primary N) is 1. The second-order valence-electron chi connectivity index (χ2n) is 4.40. The quantitative estimate of drug-likeness (QED) is 0.872. The predicted octanol–water partition coefficient (Wildman–Crippen LogP) is 1.51. The van der Waals surface area contributed by atoms with E-state index in [0.717, 1.165) is 17.0 Å². The molecule has 3 N–H and O–H groups in total. The zero-order valence-electron chi connectivity index (χ0n) is 11.2. The average Bonchev–Trinajstić information content (AvgIpc) is 2.66. The van der Waals surface area contributed by atoms with Gasteiger partial charge < -0.3 is 15.6 Å². The minimum absolute atomic E-state index is 0.259. The number of hydrogen-bond donors (Lipinski definition) is 2. The SMILES string of the molecule is Cc1cc(N)c(C(=O)NCc2c(C)noc2C)cn1. The van der Waals surface area contributed by atoms with Crippen LogP contribution in [0.15, 0.2) is 16.8 Å². The molecule has 2 aromatic heterocycles. The zero-order chi connectivity index (χ0) is 14.0. The Morgan fingerprint density at radius 2 is 2.16 bits per heavy atom. The highest BCUT2D eigenvalue weighted by Crippen LogP contribution is 2.14. The minimum Gasteiger partial charge on any atom is -0.398 e. The van der Waals surface area contributed by atoms with Crippen molar-refractivity contribution in [2.45, 2.75) is 27.3 Å². The third kappa shape index (κ3) is 2.73. The Morgan fingerprint density at radius 1 is 1.42 bits per heavy atom. The van der Waals surface area contributed by atoms with Gasteiger partial charge in [0.15, 0.2) is 0 Å². The summed E-state index contributed by atoms with van der Waals surface area (Å²) < 4.78 is 5.03. The van der Waals surface area contributed by atoms with Crippen LogP contribution in [0.25, 0.3) is 0 Å². The second-order valence-corrected chi connectivity index (χ2v) is 4.40. The summed E-state index contributed by atoms with van der Waals surface area (Å²) in [5.41, 5.74) is 9.02. The number of carbonyl (C=O) groups is 1. The molecule has 6 nitrogen and oxygen atoms in total. The summed E-state index contributed by atoms with van der Waals surface area (Å²) in [5.74, 6) is 0.442. The van der Waals surface area contributed by atoms with E-state index in [1.807, 2.05) is 20.8 Å². The number of nitrogens with one attached hydrogen (secondary N) is 1. The maximum absolute atomic E-state index is 12.0. The number of anilines is 1. The van der Waals surface area contributed by atoms with Gasteiger partial charge in [0.2, 0.25) is 0 Å². The molecular formula is C13H16N4O2. The standard InChI is InChI=1S/C13H16N4O2/c1-7-4-12(14)11(6-15-7)13(18)16-5-10-8(2)17-19-9(10)3/h4,6H,5H2,1-3H3,(H2,14,15)(H,16,18). The van der Waals surface area contributed by atoms with Crippen molar-refractivity contribution >= 4 is 11.6 Å². The van der Waals surface area contributed by atoms with E-state index in [4.69, 9.17) is 10.3 Å². The van der Waals surface area contributed by atoms with Gasteiger partial charge in [0.1, 0.15) is 5.76 Å². The van der Waals surface area contributed by atoms with Crippen LogP contribution in [0.3, 0.4) is 0 Å². The summed E-state index contributed by atoms with van der Waals surface area (Å²) in [6.07, 6.45) is 1.48. The number of aryl methyl sites for hydroxylation is 3. The number of pyridine rings is 1. The predicted molar refractivity (Wildman–Crippen MR) is 70.5 cm³/mol. The molecule has 0 saturated heterocycles. The molecule has 0 saturated carbocycles. The van der Waals surface area contributed by atoms with Crippen LogP contribution < -0.4 is 11.1 Å². The maximum Gasteiger partial charge on any atom is 0.255 e. The van der Waals surface area contributed by atoms with Crippen molar-refractivity contribution in [3.8, 4) is 0 Å². The lowest BCUT2D eigenvalue weighted by Crippen LogP contribution is -2.24. The molecule has 0 aliphatic carbocycles. The summed E-state index contributed by atoms with van der Waals surface area (Å²) in [6, 6.07) is 1.67. The van der Waals surface area contributed by atoms with E-state index < -0.39 is 0 Å². The molecule has 100 valence electrons. The van der Waals surface area contributed by atoms with E-state index in [2.05, 4.69) is 15.5 Å². The molecule has 2 heterocycles. The van der Waals surface area contributed by atoms with Gasteiger partial charge in [-0.3, -0.25) is 9.78 Å². The Hall–Kier alpha value is -2.37. The number of carbonyl (C=O) groups excluding carboxylic acids is 1. The Kier molecular flexibility index (Phi) is 3.50. The van der Waals surface area contributed by atoms with Gasteiger partial charge in [0.25, 0.3) is 5.91 Å². The number of nitrogens with zero attached hydrogens (tertiary/aromatic N) is 2. The highest BCUT2D eigenvalue weighted by atomic mass is 16.5. The molecule has 2 rings (SSSR count). The van der Waals surface area contributed by atoms with E-state index in [1.165, 1.54) is 6.20 Å². The van der Waals surface area contributed by atoms with Crippen molar-refractivity contribution in [1.29, 1.82) is 0 Å². The van der Waals surface area contributed by atoms with Crippen LogP contribution >= 0.6 is 0 Å². The molecule has 0 atom stereocenters. The Labute approximate surface area is 111 Å². The fourth-order valence-corrected chi connectivity index (χ4v) is 1.79.